The summed E-state index contributed by atoms with van der Waals surface area (Å²) >= 11 is 0. The molecule has 0 radical (unpaired) electrons. The van der Waals surface area contributed by atoms with E-state index in [1.807, 2.05) is 0 Å². The van der Waals surface area contributed by atoms with Gasteiger partial charge in [-0.3, -0.25) is 4.79 Å². The number of hydrogen-bond donors (Lipinski definition) is 0. The molecule has 0 atom stereocenters. The lowest BCUT2D eigenvalue weighted by molar-refractivity contribution is 0.0631. The molecule has 2 rings (SSSR count). The summed E-state index contributed by atoms with van der Waals surface area (Å²) in [5, 5.41) is 0. The van der Waals surface area contributed by atoms with Gasteiger partial charge in [0.25, 0.3) is 5.91 Å². The Balaban J connectivity index is 2.02. The zero-order valence-corrected chi connectivity index (χ0v) is 9.06. The fraction of sp³-hybridized carbons (Fsp3) is 0.600. The van der Waals surface area contributed by atoms with Gasteiger partial charge in [-0.2, -0.15) is 0 Å². The van der Waals surface area contributed by atoms with E-state index in [-0.39, 0.29) is 5.91 Å². The van der Waals surface area contributed by atoms with E-state index in [1.165, 1.54) is 6.20 Å². The fourth-order valence-electron chi connectivity index (χ4n) is 1.63. The van der Waals surface area contributed by atoms with Crippen molar-refractivity contribution in [1.82, 2.24) is 14.8 Å². The smallest absolute Gasteiger partial charge is 0.291 e. The molecule has 0 aromatic carbocycles. The third-order valence-electron chi connectivity index (χ3n) is 2.62. The largest absolute Gasteiger partial charge is 0.436 e. The van der Waals surface area contributed by atoms with Crippen LogP contribution >= 0.6 is 0 Å². The van der Waals surface area contributed by atoms with Gasteiger partial charge in [-0.05, 0) is 7.05 Å². The third-order valence-corrected chi connectivity index (χ3v) is 2.62. The van der Waals surface area contributed by atoms with Crippen LogP contribution < -0.4 is 0 Å². The molecule has 5 nitrogen and oxygen atoms in total. The zero-order chi connectivity index (χ0) is 10.8. The average Bonchev–Trinajstić information content (AvgIpc) is 2.65. The minimum atomic E-state index is -0.0521. The number of rotatable bonds is 1. The first-order chi connectivity index (χ1) is 7.16. The Morgan fingerprint density at radius 1 is 1.40 bits per heavy atom. The lowest BCUT2D eigenvalue weighted by atomic mass is 10.3. The van der Waals surface area contributed by atoms with Gasteiger partial charge in [0.2, 0.25) is 5.76 Å². The van der Waals surface area contributed by atoms with Gasteiger partial charge in [0.1, 0.15) is 0 Å². The van der Waals surface area contributed by atoms with Crippen LogP contribution in [0.2, 0.25) is 0 Å². The number of hydrogen-bond acceptors (Lipinski definition) is 4. The molecule has 1 aliphatic rings. The third kappa shape index (κ3) is 2.18. The lowest BCUT2D eigenvalue weighted by Gasteiger charge is -2.31. The van der Waals surface area contributed by atoms with E-state index in [2.05, 4.69) is 16.9 Å². The highest BCUT2D eigenvalue weighted by atomic mass is 16.4. The molecule has 1 fully saturated rings. The molecule has 0 N–H and O–H groups in total. The van der Waals surface area contributed by atoms with Crippen LogP contribution in [0.1, 0.15) is 16.4 Å². The second-order valence-corrected chi connectivity index (χ2v) is 3.84. The summed E-state index contributed by atoms with van der Waals surface area (Å²) in [5.74, 6) is 0.827. The molecule has 1 aromatic heterocycles. The molecular formula is C10H15N3O2. The maximum atomic E-state index is 11.9. The van der Waals surface area contributed by atoms with Crippen LogP contribution in [0.4, 0.5) is 0 Å². The molecule has 0 unspecified atom stereocenters. The fourth-order valence-corrected chi connectivity index (χ4v) is 1.63. The van der Waals surface area contributed by atoms with E-state index >= 15 is 0 Å². The van der Waals surface area contributed by atoms with Crippen molar-refractivity contribution < 1.29 is 9.21 Å². The van der Waals surface area contributed by atoms with Crippen molar-refractivity contribution in [2.45, 2.75) is 6.92 Å². The summed E-state index contributed by atoms with van der Waals surface area (Å²) in [6, 6.07) is 0. The molecule has 82 valence electrons. The van der Waals surface area contributed by atoms with Crippen molar-refractivity contribution in [3.8, 4) is 0 Å². The Morgan fingerprint density at radius 3 is 2.60 bits per heavy atom. The molecule has 0 bridgehead atoms. The van der Waals surface area contributed by atoms with Gasteiger partial charge in [0.15, 0.2) is 5.89 Å². The second kappa shape index (κ2) is 4.02. The van der Waals surface area contributed by atoms with Crippen molar-refractivity contribution in [2.24, 2.45) is 0 Å². The van der Waals surface area contributed by atoms with Crippen LogP contribution in [0.5, 0.6) is 0 Å². The summed E-state index contributed by atoms with van der Waals surface area (Å²) in [6.45, 7) is 5.09. The monoisotopic (exact) mass is 209 g/mol. The van der Waals surface area contributed by atoms with Gasteiger partial charge in [0, 0.05) is 33.1 Å². The Morgan fingerprint density at radius 2 is 2.07 bits per heavy atom. The standard InChI is InChI=1S/C10H15N3O2/c1-8-11-7-9(15-8)10(14)13-5-3-12(2)4-6-13/h7H,3-6H2,1-2H3. The van der Waals surface area contributed by atoms with Gasteiger partial charge in [-0.25, -0.2) is 4.98 Å². The van der Waals surface area contributed by atoms with Gasteiger partial charge in [0.05, 0.1) is 6.20 Å². The van der Waals surface area contributed by atoms with Crippen molar-refractivity contribution in [2.75, 3.05) is 33.2 Å². The van der Waals surface area contributed by atoms with Crippen LogP contribution in [0.25, 0.3) is 0 Å². The summed E-state index contributed by atoms with van der Waals surface area (Å²) in [7, 11) is 2.06. The number of carbonyl (C=O) groups excluding carboxylic acids is 1. The minimum absolute atomic E-state index is 0.0521. The number of likely N-dealkylation sites (N-methyl/N-ethyl adjacent to an activating group) is 1. The topological polar surface area (TPSA) is 49.6 Å². The number of aromatic nitrogens is 1. The number of aryl methyl sites for hydroxylation is 1. The first kappa shape index (κ1) is 10.2. The van der Waals surface area contributed by atoms with E-state index < -0.39 is 0 Å². The first-order valence-corrected chi connectivity index (χ1v) is 5.07. The number of carbonyl (C=O) groups is 1. The van der Waals surface area contributed by atoms with Gasteiger partial charge < -0.3 is 14.2 Å². The normalized spacial score (nSPS) is 18.1. The predicted octanol–water partition coefficient (Wildman–Crippen LogP) is 0.371. The molecule has 1 amide bonds. The van der Waals surface area contributed by atoms with Crippen LogP contribution in [0.3, 0.4) is 0 Å². The first-order valence-electron chi connectivity index (χ1n) is 5.07. The minimum Gasteiger partial charge on any atom is -0.436 e. The van der Waals surface area contributed by atoms with Crippen LogP contribution in [0.15, 0.2) is 10.6 Å². The second-order valence-electron chi connectivity index (χ2n) is 3.84. The summed E-state index contributed by atoms with van der Waals surface area (Å²) in [6.07, 6.45) is 1.50. The summed E-state index contributed by atoms with van der Waals surface area (Å²) in [5.41, 5.74) is 0. The van der Waals surface area contributed by atoms with Crippen LogP contribution in [-0.2, 0) is 0 Å². The van der Waals surface area contributed by atoms with Crippen molar-refractivity contribution in [1.29, 1.82) is 0 Å². The van der Waals surface area contributed by atoms with Crippen LogP contribution in [0, 0.1) is 6.92 Å². The summed E-state index contributed by atoms with van der Waals surface area (Å²) < 4.78 is 5.21. The van der Waals surface area contributed by atoms with E-state index in [4.69, 9.17) is 4.42 Å². The van der Waals surface area contributed by atoms with Gasteiger partial charge in [-0.1, -0.05) is 0 Å². The molecular weight excluding hydrogens is 194 g/mol. The van der Waals surface area contributed by atoms with Gasteiger partial charge in [-0.15, -0.1) is 0 Å². The van der Waals surface area contributed by atoms with Gasteiger partial charge >= 0.3 is 0 Å². The molecule has 2 heterocycles. The summed E-state index contributed by atoms with van der Waals surface area (Å²) in [4.78, 5) is 19.8. The molecule has 1 aliphatic heterocycles. The number of nitrogens with zero attached hydrogens (tertiary/aromatic N) is 3. The maximum absolute atomic E-state index is 11.9. The highest BCUT2D eigenvalue weighted by molar-refractivity contribution is 5.91. The Labute approximate surface area is 88.7 Å². The zero-order valence-electron chi connectivity index (χ0n) is 9.06. The molecule has 5 heteroatoms. The Kier molecular flexibility index (Phi) is 2.73. The van der Waals surface area contributed by atoms with Crippen molar-refractivity contribution >= 4 is 5.91 Å². The SMILES string of the molecule is Cc1ncc(C(=O)N2CCN(C)CC2)o1. The molecule has 1 aromatic rings. The average molecular weight is 209 g/mol. The quantitative estimate of drug-likeness (QED) is 0.670. The number of amides is 1. The molecule has 1 saturated heterocycles. The number of oxazole rings is 1. The van der Waals surface area contributed by atoms with E-state index in [0.29, 0.717) is 11.7 Å². The molecule has 0 aliphatic carbocycles. The Bertz CT molecular complexity index is 353. The van der Waals surface area contributed by atoms with E-state index in [1.54, 1.807) is 11.8 Å². The molecule has 0 saturated carbocycles. The van der Waals surface area contributed by atoms with Crippen molar-refractivity contribution in [3.05, 3.63) is 17.8 Å². The van der Waals surface area contributed by atoms with Crippen LogP contribution in [-0.4, -0.2) is 53.9 Å². The highest BCUT2D eigenvalue weighted by Gasteiger charge is 2.22. The van der Waals surface area contributed by atoms with E-state index in [0.717, 1.165) is 26.2 Å². The highest BCUT2D eigenvalue weighted by Crippen LogP contribution is 2.08. The van der Waals surface area contributed by atoms with Crippen molar-refractivity contribution in [3.63, 3.8) is 0 Å². The molecule has 15 heavy (non-hydrogen) atoms. The Hall–Kier alpha value is -1.36. The lowest BCUT2D eigenvalue weighted by Crippen LogP contribution is -2.47. The van der Waals surface area contributed by atoms with E-state index in [9.17, 15) is 4.79 Å². The predicted molar refractivity (Wildman–Crippen MR) is 54.6 cm³/mol. The molecule has 0 spiro atoms. The maximum Gasteiger partial charge on any atom is 0.291 e. The number of piperazine rings is 1.